The minimum atomic E-state index is -0.403. The number of carbonyl (C=O) groups is 1. The summed E-state index contributed by atoms with van der Waals surface area (Å²) in [5.41, 5.74) is 6.20. The van der Waals surface area contributed by atoms with Gasteiger partial charge in [-0.25, -0.2) is 4.98 Å². The van der Waals surface area contributed by atoms with E-state index < -0.39 is 5.91 Å². The molecule has 0 aliphatic carbocycles. The van der Waals surface area contributed by atoms with Crippen molar-refractivity contribution in [2.45, 2.75) is 6.42 Å². The summed E-state index contributed by atoms with van der Waals surface area (Å²) in [6.45, 7) is 0. The van der Waals surface area contributed by atoms with Crippen LogP contribution >= 0.6 is 0 Å². The Morgan fingerprint density at radius 2 is 2.50 bits per heavy atom. The van der Waals surface area contributed by atoms with Gasteiger partial charge >= 0.3 is 0 Å². The molecule has 3 heteroatoms. The van der Waals surface area contributed by atoms with Crippen LogP contribution in [0.15, 0.2) is 18.3 Å². The van der Waals surface area contributed by atoms with E-state index in [1.807, 2.05) is 0 Å². The topological polar surface area (TPSA) is 56.0 Å². The van der Waals surface area contributed by atoms with E-state index in [1.165, 1.54) is 0 Å². The first kappa shape index (κ1) is 8.28. The van der Waals surface area contributed by atoms with Crippen LogP contribution in [-0.4, -0.2) is 10.9 Å². The van der Waals surface area contributed by atoms with Gasteiger partial charge in [0.1, 0.15) is 5.69 Å². The van der Waals surface area contributed by atoms with Crippen LogP contribution < -0.4 is 5.73 Å². The van der Waals surface area contributed by atoms with E-state index in [4.69, 9.17) is 12.2 Å². The SMILES string of the molecule is C#Cc1ncccc1CC(N)=O. The molecule has 3 nitrogen and oxygen atoms in total. The zero-order valence-corrected chi connectivity index (χ0v) is 6.45. The summed E-state index contributed by atoms with van der Waals surface area (Å²) in [5, 5.41) is 0. The van der Waals surface area contributed by atoms with Crippen LogP contribution in [0.4, 0.5) is 0 Å². The summed E-state index contributed by atoms with van der Waals surface area (Å²) < 4.78 is 0. The first-order chi connectivity index (χ1) is 5.74. The summed E-state index contributed by atoms with van der Waals surface area (Å²) in [7, 11) is 0. The van der Waals surface area contributed by atoms with Crippen molar-refractivity contribution in [1.29, 1.82) is 0 Å². The number of carbonyl (C=O) groups excluding carboxylic acids is 1. The lowest BCUT2D eigenvalue weighted by molar-refractivity contribution is -0.117. The van der Waals surface area contributed by atoms with Crippen molar-refractivity contribution in [3.05, 3.63) is 29.6 Å². The normalized spacial score (nSPS) is 8.92. The third kappa shape index (κ3) is 1.83. The fraction of sp³-hybridized carbons (Fsp3) is 0.111. The molecule has 1 aromatic rings. The second-order valence-electron chi connectivity index (χ2n) is 2.30. The number of pyridine rings is 1. The van der Waals surface area contributed by atoms with E-state index in [2.05, 4.69) is 10.9 Å². The number of nitrogens with zero attached hydrogens (tertiary/aromatic N) is 1. The molecule has 0 spiro atoms. The predicted molar refractivity (Wildman–Crippen MR) is 45.1 cm³/mol. The quantitative estimate of drug-likeness (QED) is 0.623. The summed E-state index contributed by atoms with van der Waals surface area (Å²) in [6.07, 6.45) is 6.89. The highest BCUT2D eigenvalue weighted by Crippen LogP contribution is 2.03. The fourth-order valence-corrected chi connectivity index (χ4v) is 0.899. The van der Waals surface area contributed by atoms with Crippen molar-refractivity contribution in [1.82, 2.24) is 4.98 Å². The number of rotatable bonds is 2. The molecule has 2 N–H and O–H groups in total. The molecule has 1 heterocycles. The van der Waals surface area contributed by atoms with Crippen molar-refractivity contribution in [2.24, 2.45) is 5.73 Å². The molecule has 0 aliphatic heterocycles. The van der Waals surface area contributed by atoms with Crippen molar-refractivity contribution in [3.63, 3.8) is 0 Å². The largest absolute Gasteiger partial charge is 0.369 e. The predicted octanol–water partition coefficient (Wildman–Crippen LogP) is 0.0907. The number of nitrogens with two attached hydrogens (primary N) is 1. The smallest absolute Gasteiger partial charge is 0.221 e. The summed E-state index contributed by atoms with van der Waals surface area (Å²) in [4.78, 5) is 14.5. The van der Waals surface area contributed by atoms with E-state index in [1.54, 1.807) is 18.3 Å². The van der Waals surface area contributed by atoms with Crippen molar-refractivity contribution >= 4 is 5.91 Å². The van der Waals surface area contributed by atoms with Crippen LogP contribution in [0.25, 0.3) is 0 Å². The Bertz CT molecular complexity index is 339. The zero-order valence-electron chi connectivity index (χ0n) is 6.45. The van der Waals surface area contributed by atoms with Crippen LogP contribution in [-0.2, 0) is 11.2 Å². The molecule has 0 unspecified atom stereocenters. The Hall–Kier alpha value is -1.82. The summed E-state index contributed by atoms with van der Waals surface area (Å²) in [6, 6.07) is 3.46. The molecule has 1 aromatic heterocycles. The maximum Gasteiger partial charge on any atom is 0.221 e. The highest BCUT2D eigenvalue weighted by Gasteiger charge is 2.02. The monoisotopic (exact) mass is 160 g/mol. The first-order valence-electron chi connectivity index (χ1n) is 3.43. The van der Waals surface area contributed by atoms with Gasteiger partial charge in [0.05, 0.1) is 6.42 Å². The zero-order chi connectivity index (χ0) is 8.97. The van der Waals surface area contributed by atoms with Crippen LogP contribution in [0.3, 0.4) is 0 Å². The van der Waals surface area contributed by atoms with E-state index in [0.29, 0.717) is 11.3 Å². The molecule has 0 radical (unpaired) electrons. The van der Waals surface area contributed by atoms with E-state index in [9.17, 15) is 4.79 Å². The number of primary amides is 1. The molecular weight excluding hydrogens is 152 g/mol. The molecule has 0 aromatic carbocycles. The van der Waals surface area contributed by atoms with Crippen molar-refractivity contribution < 1.29 is 4.79 Å². The Labute approximate surface area is 70.6 Å². The molecule has 1 amide bonds. The molecule has 0 bridgehead atoms. The van der Waals surface area contributed by atoms with Crippen LogP contribution in [0.5, 0.6) is 0 Å². The fourth-order valence-electron chi connectivity index (χ4n) is 0.899. The van der Waals surface area contributed by atoms with Crippen LogP contribution in [0.1, 0.15) is 11.3 Å². The molecule has 60 valence electrons. The average Bonchev–Trinajstić information content (AvgIpc) is 2.04. The van der Waals surface area contributed by atoms with E-state index >= 15 is 0 Å². The average molecular weight is 160 g/mol. The number of hydrogen-bond acceptors (Lipinski definition) is 2. The highest BCUT2D eigenvalue weighted by molar-refractivity contribution is 5.77. The van der Waals surface area contributed by atoms with Gasteiger partial charge in [-0.15, -0.1) is 6.42 Å². The molecule has 0 saturated carbocycles. The molecule has 0 fully saturated rings. The standard InChI is InChI=1S/C9H8N2O/c1-2-8-7(6-9(10)12)4-3-5-11-8/h1,3-5H,6H2,(H2,10,12). The lowest BCUT2D eigenvalue weighted by atomic mass is 10.1. The van der Waals surface area contributed by atoms with Crippen molar-refractivity contribution in [2.75, 3.05) is 0 Å². The third-order valence-corrected chi connectivity index (χ3v) is 1.39. The van der Waals surface area contributed by atoms with E-state index in [0.717, 1.165) is 0 Å². The van der Waals surface area contributed by atoms with Gasteiger partial charge in [0.25, 0.3) is 0 Å². The molecule has 0 atom stereocenters. The first-order valence-corrected chi connectivity index (χ1v) is 3.43. The van der Waals surface area contributed by atoms with Gasteiger partial charge in [0.2, 0.25) is 5.91 Å². The lowest BCUT2D eigenvalue weighted by Gasteiger charge is -1.98. The molecule has 1 rings (SSSR count). The lowest BCUT2D eigenvalue weighted by Crippen LogP contribution is -2.14. The van der Waals surface area contributed by atoms with E-state index in [-0.39, 0.29) is 6.42 Å². The number of amides is 1. The van der Waals surface area contributed by atoms with Gasteiger partial charge in [-0.2, -0.15) is 0 Å². The Morgan fingerprint density at radius 1 is 1.75 bits per heavy atom. The Kier molecular flexibility index (Phi) is 2.44. The molecule has 12 heavy (non-hydrogen) atoms. The van der Waals surface area contributed by atoms with Gasteiger partial charge in [0.15, 0.2) is 0 Å². The maximum atomic E-state index is 10.6. The van der Waals surface area contributed by atoms with Gasteiger partial charge in [-0.3, -0.25) is 4.79 Å². The van der Waals surface area contributed by atoms with Crippen LogP contribution in [0.2, 0.25) is 0 Å². The Balaban J connectivity index is 2.99. The molecule has 0 aliphatic rings. The number of aromatic nitrogens is 1. The highest BCUT2D eigenvalue weighted by atomic mass is 16.1. The summed E-state index contributed by atoms with van der Waals surface area (Å²) >= 11 is 0. The molecular formula is C9H8N2O. The number of terminal acetylenes is 1. The second-order valence-corrected chi connectivity index (χ2v) is 2.30. The third-order valence-electron chi connectivity index (χ3n) is 1.39. The Morgan fingerprint density at radius 3 is 3.08 bits per heavy atom. The second kappa shape index (κ2) is 3.54. The number of hydrogen-bond donors (Lipinski definition) is 1. The van der Waals surface area contributed by atoms with Gasteiger partial charge in [-0.05, 0) is 17.6 Å². The minimum absolute atomic E-state index is 0.146. The van der Waals surface area contributed by atoms with Gasteiger partial charge in [0, 0.05) is 6.20 Å². The van der Waals surface area contributed by atoms with Crippen molar-refractivity contribution in [3.8, 4) is 12.3 Å². The van der Waals surface area contributed by atoms with Gasteiger partial charge in [-0.1, -0.05) is 6.07 Å². The maximum absolute atomic E-state index is 10.6. The minimum Gasteiger partial charge on any atom is -0.369 e. The summed E-state index contributed by atoms with van der Waals surface area (Å²) in [5.74, 6) is 1.98. The molecule has 0 saturated heterocycles. The van der Waals surface area contributed by atoms with Crippen LogP contribution in [0, 0.1) is 12.3 Å². The van der Waals surface area contributed by atoms with Gasteiger partial charge < -0.3 is 5.73 Å².